The van der Waals surface area contributed by atoms with E-state index in [4.69, 9.17) is 0 Å². The van der Waals surface area contributed by atoms with Gasteiger partial charge in [0.05, 0.1) is 11.5 Å². The maximum absolute atomic E-state index is 11.3. The molecule has 1 heterocycles. The van der Waals surface area contributed by atoms with Crippen molar-refractivity contribution in [1.82, 2.24) is 15.8 Å². The highest BCUT2D eigenvalue weighted by Crippen LogP contribution is 2.00. The summed E-state index contributed by atoms with van der Waals surface area (Å²) in [6.07, 6.45) is 0. The fourth-order valence-electron chi connectivity index (χ4n) is 1.26. The number of carbonyl (C=O) groups excluding carboxylic acids is 1. The zero-order chi connectivity index (χ0) is 11.5. The summed E-state index contributed by atoms with van der Waals surface area (Å²) in [5.74, 6) is 0.212. The molecule has 0 bridgehead atoms. The molecule has 0 spiro atoms. The summed E-state index contributed by atoms with van der Waals surface area (Å²) in [4.78, 5) is 11.3. The number of nitrogens with zero attached hydrogens (tertiary/aromatic N) is 1. The standard InChI is InChI=1S/C8H17N3O3S/c1-7(2)9-8(12)10-11-3-5-15(13,14)6-4-11/h7H,3-6H2,1-2H3,(H2,9,10,12). The summed E-state index contributed by atoms with van der Waals surface area (Å²) in [7, 11) is -2.89. The molecule has 15 heavy (non-hydrogen) atoms. The number of urea groups is 1. The summed E-state index contributed by atoms with van der Waals surface area (Å²) in [6.45, 7) is 4.43. The Kier molecular flexibility index (Phi) is 3.92. The van der Waals surface area contributed by atoms with Crippen LogP contribution in [0.4, 0.5) is 4.79 Å². The lowest BCUT2D eigenvalue weighted by Gasteiger charge is -2.27. The van der Waals surface area contributed by atoms with Crippen LogP contribution in [0, 0.1) is 0 Å². The molecule has 0 unspecified atom stereocenters. The predicted molar refractivity (Wildman–Crippen MR) is 57.0 cm³/mol. The number of rotatable bonds is 2. The molecule has 0 aromatic carbocycles. The van der Waals surface area contributed by atoms with E-state index in [1.54, 1.807) is 5.01 Å². The van der Waals surface area contributed by atoms with Gasteiger partial charge >= 0.3 is 6.03 Å². The molecule has 1 rings (SSSR count). The first-order valence-electron chi connectivity index (χ1n) is 4.91. The largest absolute Gasteiger partial charge is 0.335 e. The van der Waals surface area contributed by atoms with E-state index in [1.807, 2.05) is 13.8 Å². The van der Waals surface area contributed by atoms with Crippen LogP contribution in [0.25, 0.3) is 0 Å². The Balaban J connectivity index is 2.33. The van der Waals surface area contributed by atoms with Gasteiger partial charge in [0.2, 0.25) is 0 Å². The minimum absolute atomic E-state index is 0.0681. The number of hydrogen-bond donors (Lipinski definition) is 2. The second-order valence-corrected chi connectivity index (χ2v) is 6.18. The Morgan fingerprint density at radius 2 is 1.80 bits per heavy atom. The molecule has 1 aliphatic heterocycles. The molecule has 2 amide bonds. The molecule has 0 saturated carbocycles. The van der Waals surface area contributed by atoms with Crippen molar-refractivity contribution in [2.24, 2.45) is 0 Å². The van der Waals surface area contributed by atoms with E-state index < -0.39 is 9.84 Å². The second-order valence-electron chi connectivity index (χ2n) is 3.88. The van der Waals surface area contributed by atoms with Crippen LogP contribution in [0.5, 0.6) is 0 Å². The minimum Gasteiger partial charge on any atom is -0.335 e. The van der Waals surface area contributed by atoms with E-state index in [9.17, 15) is 13.2 Å². The number of hydrazine groups is 1. The molecule has 2 N–H and O–H groups in total. The molecule has 6 nitrogen and oxygen atoms in total. The van der Waals surface area contributed by atoms with E-state index in [-0.39, 0.29) is 23.6 Å². The minimum atomic E-state index is -2.89. The van der Waals surface area contributed by atoms with E-state index in [0.29, 0.717) is 13.1 Å². The van der Waals surface area contributed by atoms with E-state index in [1.165, 1.54) is 0 Å². The average molecular weight is 235 g/mol. The van der Waals surface area contributed by atoms with Gasteiger partial charge in [-0.2, -0.15) is 0 Å². The van der Waals surface area contributed by atoms with Crippen molar-refractivity contribution in [2.75, 3.05) is 24.6 Å². The quantitative estimate of drug-likeness (QED) is 0.666. The molecule has 1 aliphatic rings. The lowest BCUT2D eigenvalue weighted by Crippen LogP contribution is -2.54. The van der Waals surface area contributed by atoms with Crippen LogP contribution >= 0.6 is 0 Å². The molecule has 1 saturated heterocycles. The molecule has 88 valence electrons. The Morgan fingerprint density at radius 3 is 2.27 bits per heavy atom. The van der Waals surface area contributed by atoms with Crippen LogP contribution in [0.2, 0.25) is 0 Å². The fraction of sp³-hybridized carbons (Fsp3) is 0.875. The number of hydrogen-bond acceptors (Lipinski definition) is 4. The van der Waals surface area contributed by atoms with Gasteiger partial charge in [0, 0.05) is 19.1 Å². The Morgan fingerprint density at radius 1 is 1.27 bits per heavy atom. The monoisotopic (exact) mass is 235 g/mol. The zero-order valence-electron chi connectivity index (χ0n) is 8.99. The van der Waals surface area contributed by atoms with Crippen molar-refractivity contribution in [3.05, 3.63) is 0 Å². The Bertz CT molecular complexity index is 312. The molecule has 0 radical (unpaired) electrons. The van der Waals surface area contributed by atoms with Gasteiger partial charge in [0.1, 0.15) is 0 Å². The maximum atomic E-state index is 11.3. The molecular weight excluding hydrogens is 218 g/mol. The van der Waals surface area contributed by atoms with Gasteiger partial charge in [0.15, 0.2) is 9.84 Å². The third-order valence-electron chi connectivity index (χ3n) is 2.02. The highest BCUT2D eigenvalue weighted by atomic mass is 32.2. The van der Waals surface area contributed by atoms with Gasteiger partial charge in [-0.25, -0.2) is 18.2 Å². The van der Waals surface area contributed by atoms with Gasteiger partial charge in [-0.1, -0.05) is 0 Å². The van der Waals surface area contributed by atoms with Crippen molar-refractivity contribution in [3.63, 3.8) is 0 Å². The van der Waals surface area contributed by atoms with Crippen molar-refractivity contribution < 1.29 is 13.2 Å². The van der Waals surface area contributed by atoms with Crippen molar-refractivity contribution in [2.45, 2.75) is 19.9 Å². The Hall–Kier alpha value is -0.820. The number of nitrogens with one attached hydrogen (secondary N) is 2. The average Bonchev–Trinajstić information content (AvgIpc) is 2.07. The number of sulfone groups is 1. The van der Waals surface area contributed by atoms with Gasteiger partial charge < -0.3 is 5.32 Å². The third-order valence-corrected chi connectivity index (χ3v) is 3.63. The van der Waals surface area contributed by atoms with Crippen LogP contribution in [0.3, 0.4) is 0 Å². The molecule has 7 heteroatoms. The molecule has 0 aromatic heterocycles. The fourth-order valence-corrected chi connectivity index (χ4v) is 2.46. The van der Waals surface area contributed by atoms with E-state index in [0.717, 1.165) is 0 Å². The van der Waals surface area contributed by atoms with Crippen molar-refractivity contribution >= 4 is 15.9 Å². The molecular formula is C8H17N3O3S. The smallest absolute Gasteiger partial charge is 0.329 e. The SMILES string of the molecule is CC(C)NC(=O)NN1CCS(=O)(=O)CC1. The first-order chi connectivity index (χ1) is 6.89. The normalized spacial score (nSPS) is 21.3. The summed E-state index contributed by atoms with van der Waals surface area (Å²) < 4.78 is 22.2. The molecule has 0 aromatic rings. The number of amides is 2. The highest BCUT2D eigenvalue weighted by Gasteiger charge is 2.22. The van der Waals surface area contributed by atoms with Gasteiger partial charge in [-0.15, -0.1) is 0 Å². The first-order valence-corrected chi connectivity index (χ1v) is 6.74. The maximum Gasteiger partial charge on any atom is 0.329 e. The molecule has 0 atom stereocenters. The first kappa shape index (κ1) is 12.3. The summed E-state index contributed by atoms with van der Waals surface area (Å²) in [6, 6.07) is -0.220. The van der Waals surface area contributed by atoms with Crippen LogP contribution in [-0.2, 0) is 9.84 Å². The second kappa shape index (κ2) is 4.80. The summed E-state index contributed by atoms with van der Waals surface area (Å²) in [5, 5.41) is 4.29. The van der Waals surface area contributed by atoms with Crippen molar-refractivity contribution in [3.8, 4) is 0 Å². The van der Waals surface area contributed by atoms with Crippen molar-refractivity contribution in [1.29, 1.82) is 0 Å². The summed E-state index contributed by atoms with van der Waals surface area (Å²) >= 11 is 0. The van der Waals surface area contributed by atoms with Crippen LogP contribution in [0.15, 0.2) is 0 Å². The van der Waals surface area contributed by atoms with Gasteiger partial charge in [-0.3, -0.25) is 5.43 Å². The number of carbonyl (C=O) groups is 1. The zero-order valence-corrected chi connectivity index (χ0v) is 9.80. The molecule has 0 aliphatic carbocycles. The van der Waals surface area contributed by atoms with Crippen LogP contribution < -0.4 is 10.7 Å². The van der Waals surface area contributed by atoms with Gasteiger partial charge in [0.25, 0.3) is 0 Å². The highest BCUT2D eigenvalue weighted by molar-refractivity contribution is 7.91. The third kappa shape index (κ3) is 4.48. The Labute approximate surface area is 89.9 Å². The molecule has 1 fully saturated rings. The van der Waals surface area contributed by atoms with Gasteiger partial charge in [-0.05, 0) is 13.8 Å². The topological polar surface area (TPSA) is 78.5 Å². The summed E-state index contributed by atoms with van der Waals surface area (Å²) in [5.41, 5.74) is 2.61. The lowest BCUT2D eigenvalue weighted by molar-refractivity contribution is 0.183. The van der Waals surface area contributed by atoms with Crippen LogP contribution in [0.1, 0.15) is 13.8 Å². The van der Waals surface area contributed by atoms with E-state index >= 15 is 0 Å². The lowest BCUT2D eigenvalue weighted by atomic mass is 10.4. The predicted octanol–water partition coefficient (Wildman–Crippen LogP) is -0.661. The van der Waals surface area contributed by atoms with E-state index in [2.05, 4.69) is 10.7 Å². The van der Waals surface area contributed by atoms with Crippen LogP contribution in [-0.4, -0.2) is 50.1 Å².